The van der Waals surface area contributed by atoms with Crippen LogP contribution in [0.15, 0.2) is 194 Å². The molecule has 8 aromatic carbocycles. The van der Waals surface area contributed by atoms with Crippen molar-refractivity contribution in [1.82, 2.24) is 50.0 Å². The van der Waals surface area contributed by atoms with Crippen molar-refractivity contribution < 1.29 is 87.1 Å². The van der Waals surface area contributed by atoms with Crippen molar-refractivity contribution in [3.05, 3.63) is 239 Å². The van der Waals surface area contributed by atoms with E-state index in [0.29, 0.717) is 148 Å². The average molecular weight is 1800 g/mol. The zero-order chi connectivity index (χ0) is 93.6. The number of aromatic nitrogens is 4. The zero-order valence-corrected chi connectivity index (χ0v) is 74.0. The quantitative estimate of drug-likeness (QED) is 0.0268. The van der Waals surface area contributed by atoms with Crippen LogP contribution in [0, 0.1) is 44.4 Å². The second-order valence-corrected chi connectivity index (χ2v) is 33.6. The molecule has 0 bridgehead atoms. The smallest absolute Gasteiger partial charge is 0.323 e. The van der Waals surface area contributed by atoms with Crippen LogP contribution in [0.25, 0.3) is 0 Å². The lowest BCUT2D eigenvalue weighted by molar-refractivity contribution is -0.160. The van der Waals surface area contributed by atoms with Gasteiger partial charge in [0.05, 0.1) is 74.7 Å². The Balaban J connectivity index is 0.000000169. The molecule has 6 aliphatic rings. The SMILES string of the molecule is COc1cc(CC(=O)N2C(c3ccccc3)CC[C@H]2C(=O)N2CCC(C(=O)Nc3nn[nH]n3)CC2)ccc1NC(=O)Nc1ccccc1C.COc1cc(CC(=O)N2CCC[C@H]2C(=O)N2CCC(C(=O)O)C(C(=O)O)C2)ccc1NC(=O)Nc1ccccc1C.Cc1ccccc1NC(=O)Nc1ccc(CC(=O)N2C(c3ccccc3)CC[C@H]2C(=O)N2CCC(C(=O)O)CC2)cc1. The molecule has 9 aromatic rings. The van der Waals surface area contributed by atoms with E-state index in [1.54, 1.807) is 74.2 Å². The molecule has 7 atom stereocenters. The third-order valence-electron chi connectivity index (χ3n) is 25.1. The minimum atomic E-state index is -1.26. The first kappa shape index (κ1) is 94.5. The number of carbonyl (C=O) groups excluding carboxylic acids is 10. The minimum absolute atomic E-state index is 0.00529. The molecule has 4 unspecified atom stereocenters. The molecule has 6 aliphatic heterocycles. The van der Waals surface area contributed by atoms with Crippen molar-refractivity contribution in [3.8, 4) is 11.5 Å². The number of carboxylic acids is 3. The van der Waals surface area contributed by atoms with Crippen molar-refractivity contribution in [2.45, 2.75) is 141 Å². The van der Waals surface area contributed by atoms with E-state index in [4.69, 9.17) is 9.47 Å². The Bertz CT molecular complexity index is 5660. The summed E-state index contributed by atoms with van der Waals surface area (Å²) in [6.07, 6.45) is 5.50. The number of methoxy groups -OCH3 is 2. The largest absolute Gasteiger partial charge is 0.495 e. The van der Waals surface area contributed by atoms with E-state index in [1.807, 2.05) is 160 Å². The molecule has 0 radical (unpaired) electrons. The van der Waals surface area contributed by atoms with Gasteiger partial charge in [-0.15, -0.1) is 5.10 Å². The number of urea groups is 3. The number of hydrogen-bond donors (Lipinski definition) is 11. The Morgan fingerprint density at radius 3 is 1.23 bits per heavy atom. The van der Waals surface area contributed by atoms with Crippen molar-refractivity contribution in [2.24, 2.45) is 23.7 Å². The van der Waals surface area contributed by atoms with Gasteiger partial charge in [0.1, 0.15) is 29.6 Å². The molecule has 35 heteroatoms. The number of aliphatic carboxylic acids is 3. The molecular formula is C97H109N17O18. The Morgan fingerprint density at radius 2 is 0.795 bits per heavy atom. The van der Waals surface area contributed by atoms with Crippen molar-refractivity contribution in [2.75, 3.05) is 97.3 Å². The number of piperidine rings is 3. The van der Waals surface area contributed by atoms with Crippen LogP contribution in [-0.2, 0) is 67.2 Å². The molecule has 11 N–H and O–H groups in total. The lowest BCUT2D eigenvalue weighted by Crippen LogP contribution is -2.54. The number of tetrazole rings is 1. The van der Waals surface area contributed by atoms with Gasteiger partial charge in [-0.25, -0.2) is 14.4 Å². The van der Waals surface area contributed by atoms with Crippen molar-refractivity contribution in [3.63, 3.8) is 0 Å². The second-order valence-electron chi connectivity index (χ2n) is 33.6. The normalized spacial score (nSPS) is 18.9. The van der Waals surface area contributed by atoms with Gasteiger partial charge < -0.3 is 86.1 Å². The molecule has 7 heterocycles. The lowest BCUT2D eigenvalue weighted by atomic mass is 9.85. The molecule has 0 saturated carbocycles. The highest BCUT2D eigenvalue weighted by atomic mass is 16.5. The number of carbonyl (C=O) groups is 13. The molecule has 0 aliphatic carbocycles. The summed E-state index contributed by atoms with van der Waals surface area (Å²) in [4.78, 5) is 177. The van der Waals surface area contributed by atoms with E-state index < -0.39 is 65.8 Å². The van der Waals surface area contributed by atoms with E-state index in [-0.39, 0.29) is 110 Å². The predicted octanol–water partition coefficient (Wildman–Crippen LogP) is 12.4. The van der Waals surface area contributed by atoms with E-state index in [0.717, 1.165) is 39.1 Å². The van der Waals surface area contributed by atoms with Gasteiger partial charge in [-0.3, -0.25) is 53.3 Å². The fourth-order valence-corrected chi connectivity index (χ4v) is 18.0. The number of amides is 13. The maximum atomic E-state index is 14.1. The zero-order valence-electron chi connectivity index (χ0n) is 74.0. The molecule has 6 fully saturated rings. The number of ether oxygens (including phenoxy) is 2. The van der Waals surface area contributed by atoms with Crippen LogP contribution in [-0.4, -0.2) is 221 Å². The number of H-pyrrole nitrogens is 1. The number of nitrogens with zero attached hydrogens (tertiary/aromatic N) is 9. The molecule has 132 heavy (non-hydrogen) atoms. The Kier molecular flexibility index (Phi) is 31.7. The lowest BCUT2D eigenvalue weighted by Gasteiger charge is -2.37. The highest BCUT2D eigenvalue weighted by Crippen LogP contribution is 2.42. The van der Waals surface area contributed by atoms with Gasteiger partial charge in [-0.05, 0) is 196 Å². The molecule has 15 rings (SSSR count). The van der Waals surface area contributed by atoms with Crippen molar-refractivity contribution >= 4 is 117 Å². The van der Waals surface area contributed by atoms with Crippen molar-refractivity contribution in [1.29, 1.82) is 0 Å². The van der Waals surface area contributed by atoms with Gasteiger partial charge in [-0.1, -0.05) is 145 Å². The second kappa shape index (κ2) is 44.3. The number of benzene rings is 8. The molecule has 690 valence electrons. The van der Waals surface area contributed by atoms with E-state index >= 15 is 0 Å². The summed E-state index contributed by atoms with van der Waals surface area (Å²) in [5.74, 6) is -6.73. The third-order valence-corrected chi connectivity index (χ3v) is 25.1. The molecule has 35 nitrogen and oxygen atoms in total. The predicted molar refractivity (Wildman–Crippen MR) is 490 cm³/mol. The van der Waals surface area contributed by atoms with Gasteiger partial charge in [0.15, 0.2) is 0 Å². The summed E-state index contributed by atoms with van der Waals surface area (Å²) < 4.78 is 11.0. The first-order valence-electron chi connectivity index (χ1n) is 44.1. The number of rotatable bonds is 24. The Hall–Kier alpha value is -15.1. The molecule has 0 spiro atoms. The van der Waals surface area contributed by atoms with Gasteiger partial charge in [0, 0.05) is 74.5 Å². The number of aromatic amines is 1. The standard InChI is InChI=1S/C35H39N9O5.C33H36N4O5.C29H34N4O8/c1-22-8-6-7-11-26(22)36-35(48)37-27-13-12-23(20-30(27)49-2)21-31(45)44-28(24-9-4-3-5-10-24)14-15-29(44)33(47)43-18-16-25(17-19-43)32(46)38-34-39-41-42-40-34;1-22-7-5-6-10-27(22)35-33(42)34-26-13-11-23(12-14-26)21-30(38)37-28(24-8-3-2-4-9-24)15-16-29(37)31(39)36-19-17-25(18-20-36)32(40)41;1-17-6-3-4-7-21(17)30-29(40)31-22-10-9-18(14-24(22)41-2)15-25(34)33-12-5-8-23(33)26(35)32-13-11-19(27(36)37)20(16-32)28(38)39/h3-13,20,25,28-29H,14-19,21H2,1-2H3,(H2,36,37,48)(H2,38,39,40,41,42,46);2-14,25,28-29H,15-21H2,1H3,(H,40,41)(H2,34,35,42);3-4,6-7,9-10,14,19-20,23H,5,8,11-13,15-16H2,1-2H3,(H,36,37)(H,38,39)(H2,30,31,40)/t2*28?,29-;19?,20?,23-/m000/s1. The van der Waals surface area contributed by atoms with Gasteiger partial charge in [0.25, 0.3) is 5.95 Å². The summed E-state index contributed by atoms with van der Waals surface area (Å²) in [6.45, 7) is 7.60. The number of likely N-dealkylation sites (tertiary alicyclic amines) is 6. The number of hydrogen-bond acceptors (Lipinski definition) is 18. The van der Waals surface area contributed by atoms with Crippen LogP contribution in [0.3, 0.4) is 0 Å². The molecular weight excluding hydrogens is 1690 g/mol. The first-order chi connectivity index (χ1) is 63.7. The van der Waals surface area contributed by atoms with Gasteiger partial charge in [-0.2, -0.15) is 5.21 Å². The fourth-order valence-electron chi connectivity index (χ4n) is 18.0. The van der Waals surface area contributed by atoms with Crippen LogP contribution < -0.4 is 46.7 Å². The number of carboxylic acid groups (broad SMARTS) is 3. The van der Waals surface area contributed by atoms with Crippen LogP contribution in [0.1, 0.15) is 127 Å². The fraction of sp³-hybridized carbons (Fsp3) is 0.361. The maximum Gasteiger partial charge on any atom is 0.323 e. The summed E-state index contributed by atoms with van der Waals surface area (Å²) in [5, 5.41) is 61.0. The van der Waals surface area contributed by atoms with Crippen LogP contribution in [0.5, 0.6) is 11.5 Å². The minimum Gasteiger partial charge on any atom is -0.495 e. The summed E-state index contributed by atoms with van der Waals surface area (Å²) in [6, 6.07) is 55.6. The number of para-hydroxylation sites is 3. The molecule has 6 saturated heterocycles. The summed E-state index contributed by atoms with van der Waals surface area (Å²) in [7, 11) is 2.96. The third kappa shape index (κ3) is 23.9. The number of anilines is 7. The molecule has 13 amide bonds. The topological polar surface area (TPSA) is 459 Å². The Labute approximate surface area is 762 Å². The van der Waals surface area contributed by atoms with E-state index in [9.17, 15) is 77.6 Å². The summed E-state index contributed by atoms with van der Waals surface area (Å²) >= 11 is 0. The van der Waals surface area contributed by atoms with Crippen LogP contribution in [0.4, 0.5) is 54.5 Å². The highest BCUT2D eigenvalue weighted by molar-refractivity contribution is 6.03. The summed E-state index contributed by atoms with van der Waals surface area (Å²) in [5.41, 5.74) is 10.4. The van der Waals surface area contributed by atoms with Gasteiger partial charge >= 0.3 is 36.0 Å². The Morgan fingerprint density at radius 1 is 0.386 bits per heavy atom. The molecule has 1 aromatic heterocycles. The monoisotopic (exact) mass is 1800 g/mol. The maximum absolute atomic E-state index is 14.1. The van der Waals surface area contributed by atoms with Gasteiger partial charge in [0.2, 0.25) is 41.4 Å². The number of nitrogens with one attached hydrogen (secondary N) is 8. The average Bonchev–Trinajstić information content (AvgIpc) is 1.63. The van der Waals surface area contributed by atoms with E-state index in [1.165, 1.54) is 24.0 Å². The van der Waals surface area contributed by atoms with Crippen LogP contribution >= 0.6 is 0 Å². The highest BCUT2D eigenvalue weighted by Gasteiger charge is 2.48. The van der Waals surface area contributed by atoms with E-state index in [2.05, 4.69) is 57.8 Å². The number of aryl methyl sites for hydroxylation is 3. The van der Waals surface area contributed by atoms with Crippen LogP contribution in [0.2, 0.25) is 0 Å². The first-order valence-corrected chi connectivity index (χ1v) is 44.1.